The third-order valence-corrected chi connectivity index (χ3v) is 3.72. The van der Waals surface area contributed by atoms with E-state index in [4.69, 9.17) is 5.11 Å². The molecule has 0 bridgehead atoms. The number of para-hydroxylation sites is 1. The SMILES string of the molecule is O=C(O)C1CCn2c(Cc3ccccc3O)nnc2C1. The van der Waals surface area contributed by atoms with Gasteiger partial charge in [0.2, 0.25) is 0 Å². The van der Waals surface area contributed by atoms with E-state index in [2.05, 4.69) is 10.2 Å². The highest BCUT2D eigenvalue weighted by Crippen LogP contribution is 2.24. The normalized spacial score (nSPS) is 17.7. The number of carboxylic acid groups (broad SMARTS) is 1. The summed E-state index contributed by atoms with van der Waals surface area (Å²) in [5.74, 6) is 0.578. The number of rotatable bonds is 3. The van der Waals surface area contributed by atoms with Crippen LogP contribution in [0.4, 0.5) is 0 Å². The molecule has 1 aliphatic rings. The van der Waals surface area contributed by atoms with E-state index in [1.807, 2.05) is 16.7 Å². The standard InChI is InChI=1S/C14H15N3O3/c18-11-4-2-1-3-9(11)7-12-15-16-13-8-10(14(19)20)5-6-17(12)13/h1-4,10,18H,5-8H2,(H,19,20). The lowest BCUT2D eigenvalue weighted by atomic mass is 9.98. The minimum absolute atomic E-state index is 0.240. The Morgan fingerprint density at radius 2 is 2.15 bits per heavy atom. The Morgan fingerprint density at radius 1 is 1.35 bits per heavy atom. The third-order valence-electron chi connectivity index (χ3n) is 3.72. The molecule has 1 unspecified atom stereocenters. The van der Waals surface area contributed by atoms with Crippen LogP contribution >= 0.6 is 0 Å². The molecule has 0 amide bonds. The first-order chi connectivity index (χ1) is 9.65. The van der Waals surface area contributed by atoms with Gasteiger partial charge < -0.3 is 14.8 Å². The van der Waals surface area contributed by atoms with Crippen LogP contribution in [0.25, 0.3) is 0 Å². The summed E-state index contributed by atoms with van der Waals surface area (Å²) in [5, 5.41) is 27.1. The average Bonchev–Trinajstić information content (AvgIpc) is 2.84. The number of phenolic OH excluding ortho intramolecular Hbond substituents is 1. The van der Waals surface area contributed by atoms with E-state index in [0.29, 0.717) is 31.6 Å². The van der Waals surface area contributed by atoms with Crippen LogP contribution in [0.1, 0.15) is 23.6 Å². The second kappa shape index (κ2) is 4.96. The quantitative estimate of drug-likeness (QED) is 0.877. The molecule has 6 nitrogen and oxygen atoms in total. The van der Waals surface area contributed by atoms with Crippen molar-refractivity contribution in [2.24, 2.45) is 5.92 Å². The smallest absolute Gasteiger partial charge is 0.307 e. The average molecular weight is 273 g/mol. The molecule has 0 fully saturated rings. The molecule has 3 rings (SSSR count). The van der Waals surface area contributed by atoms with Gasteiger partial charge in [-0.3, -0.25) is 4.79 Å². The zero-order valence-corrected chi connectivity index (χ0v) is 10.9. The van der Waals surface area contributed by atoms with Crippen molar-refractivity contribution in [2.75, 3.05) is 0 Å². The molecule has 0 saturated carbocycles. The summed E-state index contributed by atoms with van der Waals surface area (Å²) in [7, 11) is 0. The summed E-state index contributed by atoms with van der Waals surface area (Å²) in [4.78, 5) is 11.0. The number of aromatic hydroxyl groups is 1. The van der Waals surface area contributed by atoms with Gasteiger partial charge in [0.05, 0.1) is 5.92 Å². The molecule has 0 spiro atoms. The predicted octanol–water partition coefficient (Wildman–Crippen LogP) is 1.22. The van der Waals surface area contributed by atoms with Crippen LogP contribution in [0.3, 0.4) is 0 Å². The Hall–Kier alpha value is -2.37. The van der Waals surface area contributed by atoms with Gasteiger partial charge in [-0.05, 0) is 12.5 Å². The van der Waals surface area contributed by atoms with Gasteiger partial charge in [-0.15, -0.1) is 10.2 Å². The van der Waals surface area contributed by atoms with Crippen molar-refractivity contribution in [3.05, 3.63) is 41.5 Å². The first-order valence-corrected chi connectivity index (χ1v) is 6.56. The molecule has 2 N–H and O–H groups in total. The van der Waals surface area contributed by atoms with E-state index < -0.39 is 5.97 Å². The molecule has 2 aromatic rings. The Labute approximate surface area is 115 Å². The molecule has 1 aromatic carbocycles. The van der Waals surface area contributed by atoms with E-state index in [1.54, 1.807) is 12.1 Å². The molecule has 104 valence electrons. The maximum absolute atomic E-state index is 11.0. The monoisotopic (exact) mass is 273 g/mol. The molecule has 0 saturated heterocycles. The van der Waals surface area contributed by atoms with E-state index in [9.17, 15) is 9.90 Å². The van der Waals surface area contributed by atoms with Crippen LogP contribution in [0.5, 0.6) is 5.75 Å². The summed E-state index contributed by atoms with van der Waals surface area (Å²) in [6, 6.07) is 7.13. The lowest BCUT2D eigenvalue weighted by molar-refractivity contribution is -0.142. The van der Waals surface area contributed by atoms with Crippen molar-refractivity contribution < 1.29 is 15.0 Å². The molecule has 2 heterocycles. The fourth-order valence-corrected chi connectivity index (χ4v) is 2.56. The van der Waals surface area contributed by atoms with Crippen LogP contribution in [-0.4, -0.2) is 30.9 Å². The summed E-state index contributed by atoms with van der Waals surface area (Å²) in [5.41, 5.74) is 0.794. The highest BCUT2D eigenvalue weighted by atomic mass is 16.4. The van der Waals surface area contributed by atoms with Crippen LogP contribution in [0, 0.1) is 5.92 Å². The number of carbonyl (C=O) groups is 1. The number of nitrogens with zero attached hydrogens (tertiary/aromatic N) is 3. The molecule has 0 radical (unpaired) electrons. The molecular weight excluding hydrogens is 258 g/mol. The number of aromatic nitrogens is 3. The Kier molecular flexibility index (Phi) is 3.14. The van der Waals surface area contributed by atoms with Crippen LogP contribution in [0.2, 0.25) is 0 Å². The van der Waals surface area contributed by atoms with E-state index in [1.165, 1.54) is 0 Å². The van der Waals surface area contributed by atoms with Gasteiger partial charge in [-0.25, -0.2) is 0 Å². The number of aliphatic carboxylic acids is 1. The highest BCUT2D eigenvalue weighted by molar-refractivity contribution is 5.70. The fraction of sp³-hybridized carbons (Fsp3) is 0.357. The van der Waals surface area contributed by atoms with Crippen molar-refractivity contribution in [2.45, 2.75) is 25.8 Å². The van der Waals surface area contributed by atoms with Gasteiger partial charge in [0.15, 0.2) is 0 Å². The number of benzene rings is 1. The van der Waals surface area contributed by atoms with Gasteiger partial charge in [-0.1, -0.05) is 18.2 Å². The molecule has 20 heavy (non-hydrogen) atoms. The van der Waals surface area contributed by atoms with Gasteiger partial charge in [0, 0.05) is 24.9 Å². The van der Waals surface area contributed by atoms with Gasteiger partial charge in [-0.2, -0.15) is 0 Å². The molecule has 6 heteroatoms. The molecule has 1 aromatic heterocycles. The second-order valence-corrected chi connectivity index (χ2v) is 5.02. The molecular formula is C14H15N3O3. The minimum Gasteiger partial charge on any atom is -0.508 e. The third kappa shape index (κ3) is 2.24. The molecule has 1 atom stereocenters. The predicted molar refractivity (Wildman–Crippen MR) is 70.4 cm³/mol. The van der Waals surface area contributed by atoms with Crippen molar-refractivity contribution in [3.8, 4) is 5.75 Å². The summed E-state index contributed by atoms with van der Waals surface area (Å²) < 4.78 is 1.96. The van der Waals surface area contributed by atoms with Crippen molar-refractivity contribution >= 4 is 5.97 Å². The van der Waals surface area contributed by atoms with Gasteiger partial charge >= 0.3 is 5.97 Å². The Balaban J connectivity index is 1.84. The second-order valence-electron chi connectivity index (χ2n) is 5.02. The lowest BCUT2D eigenvalue weighted by Gasteiger charge is -2.20. The number of hydrogen-bond donors (Lipinski definition) is 2. The van der Waals surface area contributed by atoms with Crippen molar-refractivity contribution in [1.29, 1.82) is 0 Å². The van der Waals surface area contributed by atoms with Gasteiger partial charge in [0.1, 0.15) is 17.4 Å². The first kappa shape index (κ1) is 12.7. The highest BCUT2D eigenvalue weighted by Gasteiger charge is 2.27. The largest absolute Gasteiger partial charge is 0.508 e. The van der Waals surface area contributed by atoms with E-state index in [0.717, 1.165) is 11.4 Å². The summed E-state index contributed by atoms with van der Waals surface area (Å²) >= 11 is 0. The maximum Gasteiger partial charge on any atom is 0.307 e. The van der Waals surface area contributed by atoms with Crippen LogP contribution in [0.15, 0.2) is 24.3 Å². The zero-order chi connectivity index (χ0) is 14.1. The lowest BCUT2D eigenvalue weighted by Crippen LogP contribution is -2.26. The number of hydrogen-bond acceptors (Lipinski definition) is 4. The molecule has 1 aliphatic heterocycles. The zero-order valence-electron chi connectivity index (χ0n) is 10.9. The van der Waals surface area contributed by atoms with Gasteiger partial charge in [0.25, 0.3) is 0 Å². The minimum atomic E-state index is -0.776. The maximum atomic E-state index is 11.0. The number of phenols is 1. The number of fused-ring (bicyclic) bond motifs is 1. The van der Waals surface area contributed by atoms with Crippen molar-refractivity contribution in [3.63, 3.8) is 0 Å². The summed E-state index contributed by atoms with van der Waals surface area (Å²) in [6.07, 6.45) is 1.51. The van der Waals surface area contributed by atoms with Crippen molar-refractivity contribution in [1.82, 2.24) is 14.8 Å². The topological polar surface area (TPSA) is 88.2 Å². The Morgan fingerprint density at radius 3 is 2.90 bits per heavy atom. The summed E-state index contributed by atoms with van der Waals surface area (Å²) in [6.45, 7) is 0.613. The first-order valence-electron chi connectivity index (χ1n) is 6.56. The van der Waals surface area contributed by atoms with E-state index in [-0.39, 0.29) is 11.7 Å². The van der Waals surface area contributed by atoms with E-state index >= 15 is 0 Å². The number of carboxylic acids is 1. The fourth-order valence-electron chi connectivity index (χ4n) is 2.56. The Bertz CT molecular complexity index is 651. The molecule has 0 aliphatic carbocycles. The van der Waals surface area contributed by atoms with Crippen LogP contribution < -0.4 is 0 Å². The van der Waals surface area contributed by atoms with Crippen LogP contribution in [-0.2, 0) is 24.2 Å².